The van der Waals surface area contributed by atoms with Crippen LogP contribution in [0.1, 0.15) is 0 Å². The zero-order chi connectivity index (χ0) is 17.3. The molecule has 2 fully saturated rings. The van der Waals surface area contributed by atoms with Crippen molar-refractivity contribution in [2.75, 3.05) is 13.2 Å². The summed E-state index contributed by atoms with van der Waals surface area (Å²) >= 11 is 0. The minimum Gasteiger partial charge on any atom is -0.394 e. The molecule has 2 aliphatic rings. The van der Waals surface area contributed by atoms with Crippen LogP contribution < -0.4 is 0 Å². The second-order valence-electron chi connectivity index (χ2n) is 5.53. The molecule has 0 aromatic heterocycles. The molecule has 2 rings (SSSR count). The van der Waals surface area contributed by atoms with Gasteiger partial charge in [0.1, 0.15) is 48.8 Å². The SMILES string of the molecule is OC[C@@H]1O[C@H](O[C@H]2O[C@H](CO)[C@H](O)[C@H](O)[C@H]2O)[C@@H](O)[C@H](O)[C@@H]1O. The Morgan fingerprint density at radius 3 is 1.22 bits per heavy atom. The molecule has 2 saturated heterocycles. The first-order valence-corrected chi connectivity index (χ1v) is 7.08. The smallest absolute Gasteiger partial charge is 0.189 e. The Kier molecular flexibility index (Phi) is 6.27. The first-order valence-electron chi connectivity index (χ1n) is 7.08. The predicted molar refractivity (Wildman–Crippen MR) is 68.6 cm³/mol. The van der Waals surface area contributed by atoms with Crippen molar-refractivity contribution < 1.29 is 55.1 Å². The fourth-order valence-electron chi connectivity index (χ4n) is 2.49. The molecule has 2 aliphatic heterocycles. The highest BCUT2D eigenvalue weighted by molar-refractivity contribution is 4.92. The molecule has 11 heteroatoms. The van der Waals surface area contributed by atoms with E-state index in [1.165, 1.54) is 0 Å². The van der Waals surface area contributed by atoms with Gasteiger partial charge in [0, 0.05) is 0 Å². The van der Waals surface area contributed by atoms with Crippen molar-refractivity contribution in [2.45, 2.75) is 61.4 Å². The molecular weight excluding hydrogens is 320 g/mol. The summed E-state index contributed by atoms with van der Waals surface area (Å²) in [6.45, 7) is -1.33. The van der Waals surface area contributed by atoms with Gasteiger partial charge in [-0.05, 0) is 0 Å². The zero-order valence-corrected chi connectivity index (χ0v) is 12.0. The van der Waals surface area contributed by atoms with Crippen molar-refractivity contribution in [1.29, 1.82) is 0 Å². The standard InChI is InChI=1S/C12H22O11/c13-1-3-5(15)7(17)9(19)11(21-3)23-12-10(20)8(18)6(16)4(2-14)22-12/h3-20H,1-2H2/t3-,4+,5+,6-,7+,8-,9-,10+,11-,12-/m1/s1. The largest absolute Gasteiger partial charge is 0.394 e. The maximum Gasteiger partial charge on any atom is 0.189 e. The molecule has 0 spiro atoms. The van der Waals surface area contributed by atoms with Gasteiger partial charge in [-0.3, -0.25) is 0 Å². The van der Waals surface area contributed by atoms with Crippen LogP contribution in [0.4, 0.5) is 0 Å². The Balaban J connectivity index is 2.07. The zero-order valence-electron chi connectivity index (χ0n) is 12.0. The van der Waals surface area contributed by atoms with E-state index in [-0.39, 0.29) is 0 Å². The van der Waals surface area contributed by atoms with Crippen LogP contribution in [0.3, 0.4) is 0 Å². The van der Waals surface area contributed by atoms with E-state index in [2.05, 4.69) is 0 Å². The van der Waals surface area contributed by atoms with Crippen molar-refractivity contribution in [2.24, 2.45) is 0 Å². The summed E-state index contributed by atoms with van der Waals surface area (Å²) in [5.41, 5.74) is 0. The van der Waals surface area contributed by atoms with Crippen LogP contribution in [0, 0.1) is 0 Å². The monoisotopic (exact) mass is 342 g/mol. The Labute approximate surface area is 130 Å². The van der Waals surface area contributed by atoms with Gasteiger partial charge in [0.05, 0.1) is 13.2 Å². The van der Waals surface area contributed by atoms with Crippen LogP contribution in [0.5, 0.6) is 0 Å². The molecule has 8 N–H and O–H groups in total. The van der Waals surface area contributed by atoms with Crippen molar-refractivity contribution >= 4 is 0 Å². The molecule has 23 heavy (non-hydrogen) atoms. The summed E-state index contributed by atoms with van der Waals surface area (Å²) in [7, 11) is 0. The molecule has 10 atom stereocenters. The van der Waals surface area contributed by atoms with Gasteiger partial charge in [-0.25, -0.2) is 0 Å². The van der Waals surface area contributed by atoms with E-state index in [1.807, 2.05) is 0 Å². The quantitative estimate of drug-likeness (QED) is 0.243. The molecule has 0 bridgehead atoms. The van der Waals surface area contributed by atoms with E-state index in [1.54, 1.807) is 0 Å². The van der Waals surface area contributed by atoms with Crippen LogP contribution >= 0.6 is 0 Å². The van der Waals surface area contributed by atoms with E-state index in [9.17, 15) is 30.6 Å². The molecule has 0 aromatic carbocycles. The Bertz CT molecular complexity index is 344. The van der Waals surface area contributed by atoms with E-state index in [0.29, 0.717) is 0 Å². The van der Waals surface area contributed by atoms with Gasteiger partial charge in [0.15, 0.2) is 12.6 Å². The third kappa shape index (κ3) is 3.65. The summed E-state index contributed by atoms with van der Waals surface area (Å²) in [5, 5.41) is 76.4. The molecule has 0 saturated carbocycles. The highest BCUT2D eigenvalue weighted by Gasteiger charge is 2.49. The van der Waals surface area contributed by atoms with Gasteiger partial charge in [-0.1, -0.05) is 0 Å². The third-order valence-electron chi connectivity index (χ3n) is 3.97. The van der Waals surface area contributed by atoms with E-state index in [4.69, 9.17) is 24.4 Å². The first-order chi connectivity index (χ1) is 10.8. The summed E-state index contributed by atoms with van der Waals surface area (Å²) in [5.74, 6) is 0. The maximum absolute atomic E-state index is 9.84. The molecule has 2 heterocycles. The molecule has 11 nitrogen and oxygen atoms in total. The Morgan fingerprint density at radius 1 is 0.565 bits per heavy atom. The summed E-state index contributed by atoms with van der Waals surface area (Å²) in [4.78, 5) is 0. The van der Waals surface area contributed by atoms with Crippen LogP contribution in [0.25, 0.3) is 0 Å². The molecule has 0 radical (unpaired) electrons. The Morgan fingerprint density at radius 2 is 0.913 bits per heavy atom. The van der Waals surface area contributed by atoms with Crippen LogP contribution in [0.15, 0.2) is 0 Å². The van der Waals surface area contributed by atoms with Crippen LogP contribution in [-0.2, 0) is 14.2 Å². The highest BCUT2D eigenvalue weighted by Crippen LogP contribution is 2.27. The molecular formula is C12H22O11. The van der Waals surface area contributed by atoms with E-state index >= 15 is 0 Å². The fraction of sp³-hybridized carbons (Fsp3) is 1.00. The first kappa shape index (κ1) is 18.9. The lowest BCUT2D eigenvalue weighted by atomic mass is 9.98. The second-order valence-corrected chi connectivity index (χ2v) is 5.53. The summed E-state index contributed by atoms with van der Waals surface area (Å²) in [6.07, 6.45) is -15.6. The van der Waals surface area contributed by atoms with Crippen molar-refractivity contribution in [3.05, 3.63) is 0 Å². The second kappa shape index (κ2) is 7.63. The van der Waals surface area contributed by atoms with E-state index < -0.39 is 74.6 Å². The van der Waals surface area contributed by atoms with Gasteiger partial charge in [-0.2, -0.15) is 0 Å². The number of rotatable bonds is 4. The Hall–Kier alpha value is -0.440. The minimum atomic E-state index is -1.72. The van der Waals surface area contributed by atoms with Gasteiger partial charge in [0.2, 0.25) is 0 Å². The maximum atomic E-state index is 9.84. The average Bonchev–Trinajstić information content (AvgIpc) is 2.55. The number of ether oxygens (including phenoxy) is 3. The van der Waals surface area contributed by atoms with Gasteiger partial charge in [-0.15, -0.1) is 0 Å². The predicted octanol–water partition coefficient (Wildman–Crippen LogP) is -5.40. The van der Waals surface area contributed by atoms with E-state index in [0.717, 1.165) is 0 Å². The summed E-state index contributed by atoms with van der Waals surface area (Å²) in [6, 6.07) is 0. The third-order valence-corrected chi connectivity index (χ3v) is 3.97. The number of aliphatic hydroxyl groups is 8. The lowest BCUT2D eigenvalue weighted by Gasteiger charge is -2.44. The van der Waals surface area contributed by atoms with Crippen LogP contribution in [-0.4, -0.2) is 115 Å². The van der Waals surface area contributed by atoms with Crippen molar-refractivity contribution in [3.63, 3.8) is 0 Å². The lowest BCUT2D eigenvalue weighted by molar-refractivity contribution is -0.376. The number of hydrogen-bond acceptors (Lipinski definition) is 11. The molecule has 0 aromatic rings. The molecule has 0 unspecified atom stereocenters. The lowest BCUT2D eigenvalue weighted by Crippen LogP contribution is -2.63. The van der Waals surface area contributed by atoms with Crippen molar-refractivity contribution in [1.82, 2.24) is 0 Å². The fourth-order valence-corrected chi connectivity index (χ4v) is 2.49. The topological polar surface area (TPSA) is 190 Å². The van der Waals surface area contributed by atoms with Crippen LogP contribution in [0.2, 0.25) is 0 Å². The molecule has 0 aliphatic carbocycles. The van der Waals surface area contributed by atoms with Gasteiger partial charge >= 0.3 is 0 Å². The highest BCUT2D eigenvalue weighted by atomic mass is 16.8. The normalized spacial score (nSPS) is 51.7. The number of hydrogen-bond donors (Lipinski definition) is 8. The van der Waals surface area contributed by atoms with Gasteiger partial charge < -0.3 is 55.1 Å². The number of aliphatic hydroxyl groups excluding tert-OH is 8. The van der Waals surface area contributed by atoms with Crippen molar-refractivity contribution in [3.8, 4) is 0 Å². The van der Waals surface area contributed by atoms with Gasteiger partial charge in [0.25, 0.3) is 0 Å². The average molecular weight is 342 g/mol. The molecule has 0 amide bonds. The minimum absolute atomic E-state index is 0.667. The molecule has 136 valence electrons. The summed E-state index contributed by atoms with van der Waals surface area (Å²) < 4.78 is 15.3.